The van der Waals surface area contributed by atoms with E-state index in [4.69, 9.17) is 4.42 Å². The fraction of sp³-hybridized carbons (Fsp3) is 0.286. The van der Waals surface area contributed by atoms with Crippen LogP contribution >= 0.6 is 0 Å². The van der Waals surface area contributed by atoms with E-state index in [1.165, 1.54) is 6.33 Å². The van der Waals surface area contributed by atoms with Gasteiger partial charge in [-0.25, -0.2) is 9.97 Å². The second-order valence-electron chi connectivity index (χ2n) is 4.43. The quantitative estimate of drug-likeness (QED) is 0.751. The minimum Gasteiger partial charge on any atom is -0.450 e. The van der Waals surface area contributed by atoms with Crippen LogP contribution in [-0.2, 0) is 0 Å². The molecule has 2 heterocycles. The van der Waals surface area contributed by atoms with Gasteiger partial charge in [0.2, 0.25) is 0 Å². The maximum atomic E-state index is 9.26. The van der Waals surface area contributed by atoms with Crippen LogP contribution in [0.3, 0.4) is 0 Å². The third kappa shape index (κ3) is 2.02. The van der Waals surface area contributed by atoms with Gasteiger partial charge in [0.05, 0.1) is 12.6 Å². The molecule has 0 fully saturated rings. The highest BCUT2D eigenvalue weighted by atomic mass is 16.3. The topological polar surface area (TPSA) is 71.2 Å². The van der Waals surface area contributed by atoms with Crippen molar-refractivity contribution in [2.75, 3.05) is 11.9 Å². The number of nitrogens with zero attached hydrogens (tertiary/aromatic N) is 2. The van der Waals surface area contributed by atoms with Gasteiger partial charge in [-0.15, -0.1) is 0 Å². The molecule has 3 aromatic rings. The highest BCUT2D eigenvalue weighted by Gasteiger charge is 2.14. The van der Waals surface area contributed by atoms with Crippen LogP contribution in [0, 0.1) is 0 Å². The van der Waals surface area contributed by atoms with Crippen molar-refractivity contribution in [3.05, 3.63) is 30.6 Å². The molecule has 1 atom stereocenters. The van der Waals surface area contributed by atoms with E-state index in [1.54, 1.807) is 0 Å². The highest BCUT2D eigenvalue weighted by molar-refractivity contribution is 6.05. The maximum absolute atomic E-state index is 9.26. The standard InChI is InChI=1S/C14H15N3O2/c1-2-9(7-18)17-14-13-12(15-8-16-14)10-5-3-4-6-11(10)19-13/h3-6,8-9,18H,2,7H2,1H3,(H,15,16,17)/t9-/m0/s1. The summed E-state index contributed by atoms with van der Waals surface area (Å²) in [6.07, 6.45) is 2.32. The lowest BCUT2D eigenvalue weighted by Gasteiger charge is -2.14. The fourth-order valence-corrected chi connectivity index (χ4v) is 2.10. The zero-order valence-electron chi connectivity index (χ0n) is 10.6. The van der Waals surface area contributed by atoms with E-state index in [0.717, 1.165) is 22.9 Å². The average Bonchev–Trinajstić information content (AvgIpc) is 2.84. The Morgan fingerprint density at radius 3 is 2.95 bits per heavy atom. The number of hydrogen-bond donors (Lipinski definition) is 2. The van der Waals surface area contributed by atoms with E-state index < -0.39 is 0 Å². The van der Waals surface area contributed by atoms with Crippen LogP contribution in [0.25, 0.3) is 22.1 Å². The number of furan rings is 1. The minimum absolute atomic E-state index is 0.0358. The number of benzene rings is 1. The SMILES string of the molecule is CC[C@@H](CO)Nc1ncnc2c1oc1ccccc12. The molecule has 0 aliphatic rings. The monoisotopic (exact) mass is 257 g/mol. The normalized spacial score (nSPS) is 12.9. The fourth-order valence-electron chi connectivity index (χ4n) is 2.10. The Labute approximate surface area is 110 Å². The summed E-state index contributed by atoms with van der Waals surface area (Å²) in [7, 11) is 0. The number of para-hydroxylation sites is 1. The number of aliphatic hydroxyl groups excluding tert-OH is 1. The van der Waals surface area contributed by atoms with Crippen molar-refractivity contribution in [1.29, 1.82) is 0 Å². The largest absolute Gasteiger partial charge is 0.450 e. The molecule has 0 saturated heterocycles. The van der Waals surface area contributed by atoms with Crippen LogP contribution in [0.4, 0.5) is 5.82 Å². The third-order valence-corrected chi connectivity index (χ3v) is 3.21. The first-order valence-corrected chi connectivity index (χ1v) is 6.33. The summed E-state index contributed by atoms with van der Waals surface area (Å²) >= 11 is 0. The molecule has 0 amide bonds. The first-order valence-electron chi connectivity index (χ1n) is 6.33. The van der Waals surface area contributed by atoms with Gasteiger partial charge < -0.3 is 14.8 Å². The average molecular weight is 257 g/mol. The van der Waals surface area contributed by atoms with Crippen molar-refractivity contribution in [2.45, 2.75) is 19.4 Å². The van der Waals surface area contributed by atoms with Gasteiger partial charge in [0.1, 0.15) is 17.4 Å². The van der Waals surface area contributed by atoms with Crippen LogP contribution in [0.15, 0.2) is 35.0 Å². The van der Waals surface area contributed by atoms with Crippen LogP contribution < -0.4 is 5.32 Å². The van der Waals surface area contributed by atoms with E-state index in [9.17, 15) is 5.11 Å². The smallest absolute Gasteiger partial charge is 0.196 e. The molecular weight excluding hydrogens is 242 g/mol. The van der Waals surface area contributed by atoms with E-state index in [2.05, 4.69) is 15.3 Å². The molecular formula is C14H15N3O2. The van der Waals surface area contributed by atoms with Crippen molar-refractivity contribution in [1.82, 2.24) is 9.97 Å². The number of fused-ring (bicyclic) bond motifs is 3. The Bertz CT molecular complexity index is 704. The van der Waals surface area contributed by atoms with Crippen molar-refractivity contribution in [3.8, 4) is 0 Å². The Hall–Kier alpha value is -2.14. The molecule has 0 spiro atoms. The minimum atomic E-state index is -0.0358. The lowest BCUT2D eigenvalue weighted by Crippen LogP contribution is -2.23. The number of nitrogens with one attached hydrogen (secondary N) is 1. The molecule has 0 saturated carbocycles. The zero-order valence-corrected chi connectivity index (χ0v) is 10.6. The third-order valence-electron chi connectivity index (χ3n) is 3.21. The molecule has 1 aromatic carbocycles. The molecule has 3 rings (SSSR count). The summed E-state index contributed by atoms with van der Waals surface area (Å²) < 4.78 is 5.80. The van der Waals surface area contributed by atoms with Gasteiger partial charge in [0.15, 0.2) is 11.4 Å². The van der Waals surface area contributed by atoms with E-state index in [0.29, 0.717) is 11.4 Å². The molecule has 2 aromatic heterocycles. The predicted octanol–water partition coefficient (Wildman–Crippen LogP) is 2.56. The number of aliphatic hydroxyl groups is 1. The Morgan fingerprint density at radius 1 is 1.32 bits per heavy atom. The van der Waals surface area contributed by atoms with E-state index in [-0.39, 0.29) is 12.6 Å². The predicted molar refractivity (Wildman–Crippen MR) is 74.1 cm³/mol. The summed E-state index contributed by atoms with van der Waals surface area (Å²) in [6.45, 7) is 2.06. The van der Waals surface area contributed by atoms with Crippen LogP contribution in [0.1, 0.15) is 13.3 Å². The molecule has 0 aliphatic carbocycles. The number of anilines is 1. The van der Waals surface area contributed by atoms with Gasteiger partial charge in [-0.05, 0) is 18.6 Å². The van der Waals surface area contributed by atoms with Gasteiger partial charge in [-0.2, -0.15) is 0 Å². The van der Waals surface area contributed by atoms with Crippen molar-refractivity contribution in [2.24, 2.45) is 0 Å². The zero-order chi connectivity index (χ0) is 13.2. The molecule has 0 aliphatic heterocycles. The summed E-state index contributed by atoms with van der Waals surface area (Å²) in [4.78, 5) is 8.49. The lowest BCUT2D eigenvalue weighted by atomic mass is 10.2. The van der Waals surface area contributed by atoms with Gasteiger partial charge in [-0.3, -0.25) is 0 Å². The van der Waals surface area contributed by atoms with Crippen LogP contribution in [0.5, 0.6) is 0 Å². The number of rotatable bonds is 4. The molecule has 0 bridgehead atoms. The maximum Gasteiger partial charge on any atom is 0.196 e. The van der Waals surface area contributed by atoms with E-state index in [1.807, 2.05) is 31.2 Å². The second-order valence-corrected chi connectivity index (χ2v) is 4.43. The summed E-state index contributed by atoms with van der Waals surface area (Å²) in [5.41, 5.74) is 2.22. The first kappa shape index (κ1) is 11.9. The Morgan fingerprint density at radius 2 is 2.16 bits per heavy atom. The molecule has 98 valence electrons. The van der Waals surface area contributed by atoms with Gasteiger partial charge in [-0.1, -0.05) is 19.1 Å². The molecule has 5 nitrogen and oxygen atoms in total. The Balaban J connectivity index is 2.15. The van der Waals surface area contributed by atoms with Crippen molar-refractivity contribution < 1.29 is 9.52 Å². The molecule has 19 heavy (non-hydrogen) atoms. The molecule has 2 N–H and O–H groups in total. The molecule has 0 unspecified atom stereocenters. The first-order chi connectivity index (χ1) is 9.33. The number of hydrogen-bond acceptors (Lipinski definition) is 5. The highest BCUT2D eigenvalue weighted by Crippen LogP contribution is 2.30. The number of aromatic nitrogens is 2. The Kier molecular flexibility index (Phi) is 3.05. The molecule has 0 radical (unpaired) electrons. The van der Waals surface area contributed by atoms with Crippen LogP contribution in [0.2, 0.25) is 0 Å². The van der Waals surface area contributed by atoms with Gasteiger partial charge >= 0.3 is 0 Å². The molecule has 5 heteroatoms. The lowest BCUT2D eigenvalue weighted by molar-refractivity contribution is 0.271. The van der Waals surface area contributed by atoms with Crippen molar-refractivity contribution in [3.63, 3.8) is 0 Å². The van der Waals surface area contributed by atoms with Crippen molar-refractivity contribution >= 4 is 27.9 Å². The van der Waals surface area contributed by atoms with Gasteiger partial charge in [0.25, 0.3) is 0 Å². The van der Waals surface area contributed by atoms with Crippen LogP contribution in [-0.4, -0.2) is 27.7 Å². The van der Waals surface area contributed by atoms with E-state index >= 15 is 0 Å². The second kappa shape index (κ2) is 4.85. The summed E-state index contributed by atoms with van der Waals surface area (Å²) in [5.74, 6) is 0.627. The summed E-state index contributed by atoms with van der Waals surface area (Å²) in [5, 5.41) is 13.4. The van der Waals surface area contributed by atoms with Gasteiger partial charge in [0, 0.05) is 5.39 Å². The summed E-state index contributed by atoms with van der Waals surface area (Å²) in [6, 6.07) is 7.72.